The summed E-state index contributed by atoms with van der Waals surface area (Å²) in [6.45, 7) is 6.15. The van der Waals surface area contributed by atoms with E-state index in [2.05, 4.69) is 19.2 Å². The molecule has 6 nitrogen and oxygen atoms in total. The summed E-state index contributed by atoms with van der Waals surface area (Å²) in [7, 11) is -4.04. The maximum absolute atomic E-state index is 13.6. The van der Waals surface area contributed by atoms with E-state index in [1.54, 1.807) is 24.3 Å². The number of anilines is 1. The molecule has 8 heteroatoms. The third-order valence-corrected chi connectivity index (χ3v) is 7.41. The van der Waals surface area contributed by atoms with Gasteiger partial charge in [0.25, 0.3) is 10.0 Å². The number of hydrogen-bond acceptors (Lipinski definition) is 4. The number of ether oxygens (including phenoxy) is 1. The van der Waals surface area contributed by atoms with Crippen LogP contribution in [0.3, 0.4) is 0 Å². The summed E-state index contributed by atoms with van der Waals surface area (Å²) >= 11 is 5.96. The average molecular weight is 515 g/mol. The molecule has 0 saturated heterocycles. The van der Waals surface area contributed by atoms with Crippen molar-refractivity contribution in [3.63, 3.8) is 0 Å². The highest BCUT2D eigenvalue weighted by Crippen LogP contribution is 2.27. The number of carbonyl (C=O) groups is 1. The second-order valence-corrected chi connectivity index (χ2v) is 10.9. The lowest BCUT2D eigenvalue weighted by Crippen LogP contribution is -2.42. The summed E-state index contributed by atoms with van der Waals surface area (Å²) in [5, 5.41) is 3.46. The molecule has 0 heterocycles. The van der Waals surface area contributed by atoms with Gasteiger partial charge in [-0.1, -0.05) is 55.8 Å². The van der Waals surface area contributed by atoms with Crippen molar-refractivity contribution in [3.05, 3.63) is 89.4 Å². The van der Waals surface area contributed by atoms with Crippen molar-refractivity contribution in [3.8, 4) is 5.75 Å². The fourth-order valence-corrected chi connectivity index (χ4v) is 5.28. The molecular formula is C27H31ClN2O4S. The normalized spacial score (nSPS) is 12.3. The van der Waals surface area contributed by atoms with Crippen molar-refractivity contribution in [1.29, 1.82) is 0 Å². The van der Waals surface area contributed by atoms with Crippen LogP contribution < -0.4 is 14.4 Å². The number of halogens is 1. The molecule has 0 bridgehead atoms. The summed E-state index contributed by atoms with van der Waals surface area (Å²) in [5.41, 5.74) is 1.33. The number of sulfonamides is 1. The lowest BCUT2D eigenvalue weighted by atomic mass is 9.97. The van der Waals surface area contributed by atoms with Crippen molar-refractivity contribution in [1.82, 2.24) is 5.32 Å². The maximum Gasteiger partial charge on any atom is 0.264 e. The van der Waals surface area contributed by atoms with Gasteiger partial charge < -0.3 is 10.1 Å². The van der Waals surface area contributed by atoms with E-state index in [-0.39, 0.29) is 17.5 Å². The number of hydrogen-bond donors (Lipinski definition) is 1. The molecule has 1 atom stereocenters. The Kier molecular flexibility index (Phi) is 9.18. The number of rotatable bonds is 11. The standard InChI is InChI=1S/C27H31ClN2O4S/c1-4-34-24-14-12-23(13-15-24)30(35(32,33)25-16-10-22(28)11-17-25)19-27(31)29-26(18-20(2)3)21-8-6-5-7-9-21/h5-17,20,26H,4,18-19H2,1-3H3,(H,29,31). The van der Waals surface area contributed by atoms with Crippen LogP contribution in [0, 0.1) is 5.92 Å². The molecule has 3 aromatic carbocycles. The van der Waals surface area contributed by atoms with E-state index in [1.807, 2.05) is 37.3 Å². The van der Waals surface area contributed by atoms with E-state index in [0.29, 0.717) is 29.0 Å². The minimum Gasteiger partial charge on any atom is -0.494 e. The first kappa shape index (κ1) is 26.6. The van der Waals surface area contributed by atoms with E-state index < -0.39 is 15.9 Å². The molecule has 1 N–H and O–H groups in total. The quantitative estimate of drug-likeness (QED) is 0.349. The molecule has 1 unspecified atom stereocenters. The third-order valence-electron chi connectivity index (χ3n) is 5.37. The maximum atomic E-state index is 13.6. The van der Waals surface area contributed by atoms with E-state index >= 15 is 0 Å². The minimum atomic E-state index is -4.04. The lowest BCUT2D eigenvalue weighted by Gasteiger charge is -2.26. The SMILES string of the molecule is CCOc1ccc(N(CC(=O)NC(CC(C)C)c2ccccc2)S(=O)(=O)c2ccc(Cl)cc2)cc1. The van der Waals surface area contributed by atoms with Gasteiger partial charge in [0.1, 0.15) is 12.3 Å². The smallest absolute Gasteiger partial charge is 0.264 e. The Morgan fingerprint density at radius 3 is 2.17 bits per heavy atom. The van der Waals surface area contributed by atoms with Crippen LogP contribution in [0.4, 0.5) is 5.69 Å². The third kappa shape index (κ3) is 7.23. The van der Waals surface area contributed by atoms with Crippen molar-refractivity contribution in [2.45, 2.75) is 38.1 Å². The molecule has 0 aliphatic rings. The molecule has 3 aromatic rings. The largest absolute Gasteiger partial charge is 0.494 e. The predicted octanol–water partition coefficient (Wildman–Crippen LogP) is 5.84. The fourth-order valence-electron chi connectivity index (χ4n) is 3.73. The van der Waals surface area contributed by atoms with E-state index in [1.165, 1.54) is 24.3 Å². The number of carbonyl (C=O) groups excluding carboxylic acids is 1. The number of amides is 1. The first-order chi connectivity index (χ1) is 16.7. The lowest BCUT2D eigenvalue weighted by molar-refractivity contribution is -0.120. The molecule has 0 aliphatic heterocycles. The van der Waals surface area contributed by atoms with E-state index in [0.717, 1.165) is 16.3 Å². The van der Waals surface area contributed by atoms with Crippen molar-refractivity contribution in [2.24, 2.45) is 5.92 Å². The molecule has 0 aromatic heterocycles. The van der Waals surface area contributed by atoms with Gasteiger partial charge in [0.2, 0.25) is 5.91 Å². The molecular weight excluding hydrogens is 484 g/mol. The van der Waals surface area contributed by atoms with E-state index in [9.17, 15) is 13.2 Å². The highest BCUT2D eigenvalue weighted by molar-refractivity contribution is 7.92. The van der Waals surface area contributed by atoms with Gasteiger partial charge in [0.15, 0.2) is 0 Å². The Bertz CT molecular complexity index is 1200. The second kappa shape index (κ2) is 12.1. The van der Waals surface area contributed by atoms with Gasteiger partial charge in [-0.25, -0.2) is 8.42 Å². The molecule has 35 heavy (non-hydrogen) atoms. The fraction of sp³-hybridized carbons (Fsp3) is 0.296. The van der Waals surface area contributed by atoms with Crippen LogP contribution in [0.5, 0.6) is 5.75 Å². The molecule has 3 rings (SSSR count). The Labute approximate surface area is 212 Å². The molecule has 0 aliphatic carbocycles. The number of nitrogens with zero attached hydrogens (tertiary/aromatic N) is 1. The first-order valence-corrected chi connectivity index (χ1v) is 13.4. The molecule has 0 radical (unpaired) electrons. The van der Waals surface area contributed by atoms with Gasteiger partial charge >= 0.3 is 0 Å². The van der Waals surface area contributed by atoms with Crippen LogP contribution >= 0.6 is 11.6 Å². The van der Waals surface area contributed by atoms with Gasteiger partial charge in [-0.2, -0.15) is 0 Å². The van der Waals surface area contributed by atoms with E-state index in [4.69, 9.17) is 16.3 Å². The summed E-state index contributed by atoms with van der Waals surface area (Å²) in [5.74, 6) is 0.553. The van der Waals surface area contributed by atoms with Crippen LogP contribution in [0.1, 0.15) is 38.8 Å². The Hall–Kier alpha value is -3.03. The zero-order valence-electron chi connectivity index (χ0n) is 20.1. The monoisotopic (exact) mass is 514 g/mol. The van der Waals surface area contributed by atoms with Gasteiger partial charge in [-0.3, -0.25) is 9.10 Å². The van der Waals surface area contributed by atoms with Gasteiger partial charge in [-0.05, 0) is 73.4 Å². The van der Waals surface area contributed by atoms with Crippen LogP contribution in [0.25, 0.3) is 0 Å². The molecule has 1 amide bonds. The molecule has 0 saturated carbocycles. The van der Waals surface area contributed by atoms with Crippen molar-refractivity contribution < 1.29 is 17.9 Å². The summed E-state index contributed by atoms with van der Waals surface area (Å²) in [6.07, 6.45) is 0.725. The predicted molar refractivity (Wildman–Crippen MR) is 140 cm³/mol. The number of benzene rings is 3. The van der Waals surface area contributed by atoms with Gasteiger partial charge in [0, 0.05) is 5.02 Å². The Morgan fingerprint density at radius 2 is 1.60 bits per heavy atom. The van der Waals surface area contributed by atoms with Crippen LogP contribution in [0.2, 0.25) is 5.02 Å². The zero-order chi connectivity index (χ0) is 25.4. The first-order valence-electron chi connectivity index (χ1n) is 11.6. The number of nitrogens with one attached hydrogen (secondary N) is 1. The summed E-state index contributed by atoms with van der Waals surface area (Å²) in [6, 6.07) is 22.0. The van der Waals surface area contributed by atoms with Gasteiger partial charge in [0.05, 0.1) is 23.2 Å². The highest BCUT2D eigenvalue weighted by atomic mass is 35.5. The zero-order valence-corrected chi connectivity index (χ0v) is 21.7. The Morgan fingerprint density at radius 1 is 0.971 bits per heavy atom. The molecule has 0 spiro atoms. The topological polar surface area (TPSA) is 75.7 Å². The van der Waals surface area contributed by atoms with Crippen LogP contribution in [0.15, 0.2) is 83.8 Å². The van der Waals surface area contributed by atoms with Gasteiger partial charge in [-0.15, -0.1) is 0 Å². The highest BCUT2D eigenvalue weighted by Gasteiger charge is 2.28. The summed E-state index contributed by atoms with van der Waals surface area (Å²) < 4.78 is 33.8. The second-order valence-electron chi connectivity index (χ2n) is 8.55. The van der Waals surface area contributed by atoms with Crippen LogP contribution in [-0.2, 0) is 14.8 Å². The molecule has 0 fully saturated rings. The average Bonchev–Trinajstić information content (AvgIpc) is 2.83. The van der Waals surface area contributed by atoms with Crippen molar-refractivity contribution >= 4 is 33.2 Å². The summed E-state index contributed by atoms with van der Waals surface area (Å²) in [4.78, 5) is 13.3. The Balaban J connectivity index is 1.92. The van der Waals surface area contributed by atoms with Crippen molar-refractivity contribution in [2.75, 3.05) is 17.5 Å². The minimum absolute atomic E-state index is 0.0466. The molecule has 186 valence electrons. The van der Waals surface area contributed by atoms with Crippen LogP contribution in [-0.4, -0.2) is 27.5 Å².